The van der Waals surface area contributed by atoms with E-state index in [4.69, 9.17) is 16.7 Å². The number of aromatic nitrogens is 2. The summed E-state index contributed by atoms with van der Waals surface area (Å²) in [6.07, 6.45) is 2.59. The summed E-state index contributed by atoms with van der Waals surface area (Å²) < 4.78 is 2.24. The summed E-state index contributed by atoms with van der Waals surface area (Å²) in [4.78, 5) is 11.2. The van der Waals surface area contributed by atoms with Crippen LogP contribution >= 0.6 is 27.5 Å². The largest absolute Gasteiger partial charge is 0.476 e. The Hall–Kier alpha value is -1.37. The fraction of sp³-hybridized carbons (Fsp3) is 0.231. The van der Waals surface area contributed by atoms with E-state index in [1.165, 1.54) is 4.68 Å². The number of nitrogens with zero attached hydrogens (tertiary/aromatic N) is 2. The van der Waals surface area contributed by atoms with Gasteiger partial charge in [-0.1, -0.05) is 11.6 Å². The zero-order valence-electron chi connectivity index (χ0n) is 10.4. The zero-order valence-corrected chi connectivity index (χ0v) is 12.7. The van der Waals surface area contributed by atoms with Crippen LogP contribution in [0.4, 0.5) is 0 Å². The summed E-state index contributed by atoms with van der Waals surface area (Å²) >= 11 is 9.33. The first-order valence-corrected chi connectivity index (χ1v) is 7.08. The molecule has 7 heteroatoms. The SMILES string of the molecule is O=C(O)c1nn(-c2cc(Cl)ccc2Br)cc1CCCO. The second kappa shape index (κ2) is 6.39. The van der Waals surface area contributed by atoms with Gasteiger partial charge in [0.1, 0.15) is 0 Å². The van der Waals surface area contributed by atoms with Crippen molar-refractivity contribution in [2.24, 2.45) is 0 Å². The van der Waals surface area contributed by atoms with Crippen LogP contribution in [0.2, 0.25) is 5.02 Å². The molecule has 1 heterocycles. The average Bonchev–Trinajstić information content (AvgIpc) is 2.83. The van der Waals surface area contributed by atoms with Crippen molar-refractivity contribution in [1.82, 2.24) is 9.78 Å². The highest BCUT2D eigenvalue weighted by Gasteiger charge is 2.17. The molecule has 0 spiro atoms. The second-order valence-corrected chi connectivity index (χ2v) is 5.47. The molecule has 0 saturated carbocycles. The first-order chi connectivity index (χ1) is 9.52. The van der Waals surface area contributed by atoms with E-state index in [0.29, 0.717) is 29.1 Å². The van der Waals surface area contributed by atoms with Crippen LogP contribution in [0.1, 0.15) is 22.5 Å². The maximum atomic E-state index is 11.2. The number of benzene rings is 1. The normalized spacial score (nSPS) is 10.8. The van der Waals surface area contributed by atoms with Gasteiger partial charge in [0.05, 0.1) is 5.69 Å². The van der Waals surface area contributed by atoms with Gasteiger partial charge in [0, 0.05) is 27.9 Å². The summed E-state index contributed by atoms with van der Waals surface area (Å²) in [5.74, 6) is -1.09. The maximum Gasteiger partial charge on any atom is 0.356 e. The number of aryl methyl sites for hydroxylation is 1. The molecule has 2 N–H and O–H groups in total. The van der Waals surface area contributed by atoms with Crippen molar-refractivity contribution < 1.29 is 15.0 Å². The van der Waals surface area contributed by atoms with Crippen LogP contribution < -0.4 is 0 Å². The standard InChI is InChI=1S/C13H12BrClN2O3/c14-10-4-3-9(15)6-11(10)17-7-8(2-1-5-18)12(16-17)13(19)20/h3-4,6-7,18H,1-2,5H2,(H,19,20). The zero-order chi connectivity index (χ0) is 14.7. The van der Waals surface area contributed by atoms with Gasteiger partial charge in [-0.25, -0.2) is 9.48 Å². The highest BCUT2D eigenvalue weighted by Crippen LogP contribution is 2.25. The van der Waals surface area contributed by atoms with E-state index in [1.54, 1.807) is 24.4 Å². The molecule has 1 aromatic carbocycles. The number of rotatable bonds is 5. The van der Waals surface area contributed by atoms with Crippen LogP contribution in [0.5, 0.6) is 0 Å². The average molecular weight is 360 g/mol. The predicted octanol–water partition coefficient (Wildman–Crippen LogP) is 2.91. The number of halogens is 2. The van der Waals surface area contributed by atoms with Gasteiger partial charge in [-0.05, 0) is 47.0 Å². The van der Waals surface area contributed by atoms with Crippen LogP contribution in [-0.4, -0.2) is 32.6 Å². The second-order valence-electron chi connectivity index (χ2n) is 4.18. The Morgan fingerprint density at radius 1 is 1.45 bits per heavy atom. The van der Waals surface area contributed by atoms with Crippen molar-refractivity contribution in [1.29, 1.82) is 0 Å². The van der Waals surface area contributed by atoms with E-state index < -0.39 is 5.97 Å². The van der Waals surface area contributed by atoms with E-state index >= 15 is 0 Å². The first-order valence-electron chi connectivity index (χ1n) is 5.91. The smallest absolute Gasteiger partial charge is 0.356 e. The lowest BCUT2D eigenvalue weighted by atomic mass is 10.1. The Bertz CT molecular complexity index is 643. The van der Waals surface area contributed by atoms with Crippen LogP contribution in [0.3, 0.4) is 0 Å². The Morgan fingerprint density at radius 3 is 2.85 bits per heavy atom. The van der Waals surface area contributed by atoms with Crippen molar-refractivity contribution in [3.05, 3.63) is 45.1 Å². The molecule has 2 rings (SSSR count). The summed E-state index contributed by atoms with van der Waals surface area (Å²) in [5, 5.41) is 22.7. The van der Waals surface area contributed by atoms with Crippen molar-refractivity contribution in [3.63, 3.8) is 0 Å². The highest BCUT2D eigenvalue weighted by molar-refractivity contribution is 9.10. The molecule has 0 aliphatic heterocycles. The van der Waals surface area contributed by atoms with E-state index in [1.807, 2.05) is 0 Å². The fourth-order valence-electron chi connectivity index (χ4n) is 1.83. The number of aromatic carboxylic acids is 1. The lowest BCUT2D eigenvalue weighted by Gasteiger charge is -2.04. The van der Waals surface area contributed by atoms with Crippen molar-refractivity contribution in [3.8, 4) is 5.69 Å². The van der Waals surface area contributed by atoms with Crippen LogP contribution in [0.25, 0.3) is 5.69 Å². The van der Waals surface area contributed by atoms with Gasteiger partial charge in [0.15, 0.2) is 5.69 Å². The number of carboxylic acids is 1. The third-order valence-corrected chi connectivity index (χ3v) is 3.66. The van der Waals surface area contributed by atoms with Gasteiger partial charge >= 0.3 is 5.97 Å². The van der Waals surface area contributed by atoms with E-state index in [9.17, 15) is 9.90 Å². The van der Waals surface area contributed by atoms with Gasteiger partial charge in [0.25, 0.3) is 0 Å². The molecule has 0 aliphatic rings. The molecular formula is C13H12BrClN2O3. The number of carboxylic acid groups (broad SMARTS) is 1. The van der Waals surface area contributed by atoms with Crippen LogP contribution in [0.15, 0.2) is 28.9 Å². The molecule has 2 aromatic rings. The van der Waals surface area contributed by atoms with Gasteiger partial charge in [-0.3, -0.25) is 0 Å². The lowest BCUT2D eigenvalue weighted by molar-refractivity contribution is 0.0688. The molecule has 0 atom stereocenters. The molecule has 0 saturated heterocycles. The number of hydrogen-bond acceptors (Lipinski definition) is 3. The number of aliphatic hydroxyl groups excluding tert-OH is 1. The first kappa shape index (κ1) is 15.0. The van der Waals surface area contributed by atoms with Crippen molar-refractivity contribution in [2.45, 2.75) is 12.8 Å². The van der Waals surface area contributed by atoms with E-state index in [0.717, 1.165) is 4.47 Å². The van der Waals surface area contributed by atoms with Crippen LogP contribution in [0, 0.1) is 0 Å². The van der Waals surface area contributed by atoms with Crippen LogP contribution in [-0.2, 0) is 6.42 Å². The minimum absolute atomic E-state index is 0.00506. The summed E-state index contributed by atoms with van der Waals surface area (Å²) in [7, 11) is 0. The molecule has 0 amide bonds. The third-order valence-electron chi connectivity index (χ3n) is 2.75. The molecule has 106 valence electrons. The number of aliphatic hydroxyl groups is 1. The molecule has 0 bridgehead atoms. The maximum absolute atomic E-state index is 11.2. The molecular weight excluding hydrogens is 348 g/mol. The third kappa shape index (κ3) is 3.20. The molecule has 1 aromatic heterocycles. The molecule has 0 unspecified atom stereocenters. The minimum Gasteiger partial charge on any atom is -0.476 e. The Labute approximate surface area is 128 Å². The monoisotopic (exact) mass is 358 g/mol. The van der Waals surface area contributed by atoms with Crippen molar-refractivity contribution >= 4 is 33.5 Å². The van der Waals surface area contributed by atoms with Gasteiger partial charge < -0.3 is 10.2 Å². The topological polar surface area (TPSA) is 75.3 Å². The summed E-state index contributed by atoms with van der Waals surface area (Å²) in [6.45, 7) is 0.00506. The predicted molar refractivity (Wildman–Crippen MR) is 78.6 cm³/mol. The molecule has 5 nitrogen and oxygen atoms in total. The molecule has 0 fully saturated rings. The van der Waals surface area contributed by atoms with Gasteiger partial charge in [0.2, 0.25) is 0 Å². The quantitative estimate of drug-likeness (QED) is 0.861. The summed E-state index contributed by atoms with van der Waals surface area (Å²) in [6, 6.07) is 5.19. The minimum atomic E-state index is -1.09. The molecule has 0 radical (unpaired) electrons. The van der Waals surface area contributed by atoms with Crippen molar-refractivity contribution in [2.75, 3.05) is 6.61 Å². The Kier molecular flexibility index (Phi) is 4.80. The van der Waals surface area contributed by atoms with Gasteiger partial charge in [-0.15, -0.1) is 0 Å². The number of carbonyl (C=O) groups is 1. The van der Waals surface area contributed by atoms with E-state index in [-0.39, 0.29) is 12.3 Å². The summed E-state index contributed by atoms with van der Waals surface area (Å²) in [5.41, 5.74) is 1.24. The van der Waals surface area contributed by atoms with Gasteiger partial charge in [-0.2, -0.15) is 5.10 Å². The highest BCUT2D eigenvalue weighted by atomic mass is 79.9. The molecule has 20 heavy (non-hydrogen) atoms. The lowest BCUT2D eigenvalue weighted by Crippen LogP contribution is -2.03. The van der Waals surface area contributed by atoms with E-state index in [2.05, 4.69) is 21.0 Å². The Balaban J connectivity index is 2.47. The Morgan fingerprint density at radius 2 is 2.20 bits per heavy atom. The number of hydrogen-bond donors (Lipinski definition) is 2. The fourth-order valence-corrected chi connectivity index (χ4v) is 2.42. The molecule has 0 aliphatic carbocycles.